The lowest BCUT2D eigenvalue weighted by Gasteiger charge is -2.03. The second-order valence-electron chi connectivity index (χ2n) is 5.69. The molecule has 0 aliphatic heterocycles. The van der Waals surface area contributed by atoms with Crippen LogP contribution in [0.3, 0.4) is 0 Å². The summed E-state index contributed by atoms with van der Waals surface area (Å²) in [5.74, 6) is -0.339. The molecule has 0 spiro atoms. The minimum atomic E-state index is -3.29. The maximum absolute atomic E-state index is 12.3. The van der Waals surface area contributed by atoms with Gasteiger partial charge in [-0.25, -0.2) is 13.4 Å². The van der Waals surface area contributed by atoms with Gasteiger partial charge in [0.1, 0.15) is 0 Å². The molecule has 134 valence electrons. The van der Waals surface area contributed by atoms with Crippen LogP contribution in [0.1, 0.15) is 20.8 Å². The number of nitrogens with one attached hydrogen (secondary N) is 1. The van der Waals surface area contributed by atoms with Crippen molar-refractivity contribution in [3.8, 4) is 0 Å². The Hall–Kier alpha value is -2.22. The van der Waals surface area contributed by atoms with Crippen LogP contribution in [0.2, 0.25) is 5.02 Å². The van der Waals surface area contributed by atoms with Crippen molar-refractivity contribution in [1.29, 1.82) is 0 Å². The number of sulfone groups is 1. The van der Waals surface area contributed by atoms with Gasteiger partial charge in [0.25, 0.3) is 5.91 Å². The molecule has 0 atom stereocenters. The first-order chi connectivity index (χ1) is 12.3. The molecule has 0 unspecified atom stereocenters. The summed E-state index contributed by atoms with van der Waals surface area (Å²) in [6, 6.07) is 13.4. The van der Waals surface area contributed by atoms with E-state index in [2.05, 4.69) is 10.3 Å². The van der Waals surface area contributed by atoms with Crippen molar-refractivity contribution >= 4 is 43.8 Å². The highest BCUT2D eigenvalue weighted by molar-refractivity contribution is 7.90. The van der Waals surface area contributed by atoms with Crippen LogP contribution in [-0.4, -0.2) is 25.6 Å². The number of aromatic nitrogens is 1. The Morgan fingerprint density at radius 3 is 2.58 bits per heavy atom. The van der Waals surface area contributed by atoms with Crippen LogP contribution in [0.5, 0.6) is 0 Å². The van der Waals surface area contributed by atoms with Crippen LogP contribution in [0, 0.1) is 0 Å². The number of hydrogen-bond acceptors (Lipinski definition) is 5. The van der Waals surface area contributed by atoms with Gasteiger partial charge >= 0.3 is 0 Å². The monoisotopic (exact) mass is 406 g/mol. The number of thiazole rings is 1. The quantitative estimate of drug-likeness (QED) is 0.693. The summed E-state index contributed by atoms with van der Waals surface area (Å²) in [6.45, 7) is 0. The Kier molecular flexibility index (Phi) is 5.41. The van der Waals surface area contributed by atoms with Crippen LogP contribution < -0.4 is 5.32 Å². The molecule has 0 bridgehead atoms. The van der Waals surface area contributed by atoms with E-state index in [9.17, 15) is 13.2 Å². The fraction of sp³-hybridized carbons (Fsp3) is 0.111. The van der Waals surface area contributed by atoms with Crippen molar-refractivity contribution < 1.29 is 13.2 Å². The average molecular weight is 407 g/mol. The number of carbonyl (C=O) groups is 1. The lowest BCUT2D eigenvalue weighted by molar-refractivity contribution is 0.102. The van der Waals surface area contributed by atoms with E-state index in [1.54, 1.807) is 6.20 Å². The molecule has 26 heavy (non-hydrogen) atoms. The van der Waals surface area contributed by atoms with Gasteiger partial charge in [-0.2, -0.15) is 0 Å². The van der Waals surface area contributed by atoms with Crippen molar-refractivity contribution in [2.45, 2.75) is 11.3 Å². The zero-order valence-electron chi connectivity index (χ0n) is 13.8. The van der Waals surface area contributed by atoms with Gasteiger partial charge in [0, 0.05) is 34.3 Å². The van der Waals surface area contributed by atoms with Gasteiger partial charge in [0.15, 0.2) is 15.0 Å². The molecule has 1 heterocycles. The van der Waals surface area contributed by atoms with E-state index < -0.39 is 9.84 Å². The molecule has 3 rings (SSSR count). The molecule has 2 aromatic carbocycles. The topological polar surface area (TPSA) is 76.1 Å². The summed E-state index contributed by atoms with van der Waals surface area (Å²) < 4.78 is 22.9. The van der Waals surface area contributed by atoms with Gasteiger partial charge in [-0.05, 0) is 42.0 Å². The van der Waals surface area contributed by atoms with Crippen molar-refractivity contribution in [2.75, 3.05) is 11.6 Å². The van der Waals surface area contributed by atoms with Crippen molar-refractivity contribution in [1.82, 2.24) is 4.98 Å². The van der Waals surface area contributed by atoms with Crippen molar-refractivity contribution in [3.05, 3.63) is 75.8 Å². The first-order valence-electron chi connectivity index (χ1n) is 7.62. The Bertz CT molecular complexity index is 1040. The van der Waals surface area contributed by atoms with Crippen molar-refractivity contribution in [3.63, 3.8) is 0 Å². The van der Waals surface area contributed by atoms with Gasteiger partial charge in [0.05, 0.1) is 4.90 Å². The molecule has 0 aliphatic carbocycles. The number of halogens is 1. The number of rotatable bonds is 5. The van der Waals surface area contributed by atoms with E-state index in [0.29, 0.717) is 22.1 Å². The molecule has 0 saturated carbocycles. The number of amides is 1. The summed E-state index contributed by atoms with van der Waals surface area (Å²) in [6.07, 6.45) is 3.52. The molecule has 5 nitrogen and oxygen atoms in total. The molecular formula is C18H15ClN2O3S2. The highest BCUT2D eigenvalue weighted by atomic mass is 35.5. The Labute approximate surface area is 160 Å². The number of carbonyl (C=O) groups excluding carboxylic acids is 1. The zero-order chi connectivity index (χ0) is 18.7. The summed E-state index contributed by atoms with van der Waals surface area (Å²) in [5, 5.41) is 3.89. The molecule has 8 heteroatoms. The molecule has 3 aromatic rings. The largest absolute Gasteiger partial charge is 0.298 e. The van der Waals surface area contributed by atoms with Gasteiger partial charge in [-0.3, -0.25) is 10.1 Å². The first-order valence-corrected chi connectivity index (χ1v) is 10.7. The summed E-state index contributed by atoms with van der Waals surface area (Å²) >= 11 is 7.37. The molecule has 0 aliphatic rings. The van der Waals surface area contributed by atoms with Gasteiger partial charge in [-0.1, -0.05) is 23.7 Å². The Morgan fingerprint density at radius 1 is 1.19 bits per heavy atom. The fourth-order valence-electron chi connectivity index (χ4n) is 2.32. The Morgan fingerprint density at radius 2 is 1.92 bits per heavy atom. The molecule has 1 N–H and O–H groups in total. The predicted octanol–water partition coefficient (Wildman–Crippen LogP) is 4.04. The van der Waals surface area contributed by atoms with E-state index >= 15 is 0 Å². The summed E-state index contributed by atoms with van der Waals surface area (Å²) in [7, 11) is -3.29. The van der Waals surface area contributed by atoms with E-state index in [1.807, 2.05) is 24.3 Å². The van der Waals surface area contributed by atoms with Gasteiger partial charge in [-0.15, -0.1) is 11.3 Å². The smallest absolute Gasteiger partial charge is 0.257 e. The SMILES string of the molecule is CS(=O)(=O)c1ccc(C(=O)Nc2ncc(Cc3cccc(Cl)c3)s2)cc1. The van der Waals surface area contributed by atoms with E-state index in [4.69, 9.17) is 11.6 Å². The van der Waals surface area contributed by atoms with E-state index in [1.165, 1.54) is 35.6 Å². The van der Waals surface area contributed by atoms with Gasteiger partial charge < -0.3 is 0 Å². The fourth-order valence-corrected chi connectivity index (χ4v) is 4.00. The lowest BCUT2D eigenvalue weighted by Crippen LogP contribution is -2.11. The number of benzene rings is 2. The van der Waals surface area contributed by atoms with Crippen LogP contribution in [0.25, 0.3) is 0 Å². The predicted molar refractivity (Wildman–Crippen MR) is 104 cm³/mol. The van der Waals surface area contributed by atoms with Crippen LogP contribution in [0.15, 0.2) is 59.6 Å². The zero-order valence-corrected chi connectivity index (χ0v) is 16.2. The highest BCUT2D eigenvalue weighted by Gasteiger charge is 2.12. The maximum atomic E-state index is 12.3. The molecule has 0 radical (unpaired) electrons. The second-order valence-corrected chi connectivity index (χ2v) is 9.26. The number of anilines is 1. The minimum Gasteiger partial charge on any atom is -0.298 e. The van der Waals surface area contributed by atoms with E-state index in [0.717, 1.165) is 16.7 Å². The van der Waals surface area contributed by atoms with Crippen LogP contribution in [-0.2, 0) is 16.3 Å². The Balaban J connectivity index is 1.67. The third kappa shape index (κ3) is 4.69. The average Bonchev–Trinajstić information content (AvgIpc) is 3.01. The lowest BCUT2D eigenvalue weighted by atomic mass is 10.1. The van der Waals surface area contributed by atoms with Gasteiger partial charge in [0.2, 0.25) is 0 Å². The highest BCUT2D eigenvalue weighted by Crippen LogP contribution is 2.23. The molecule has 1 aromatic heterocycles. The molecule has 0 fully saturated rings. The summed E-state index contributed by atoms with van der Waals surface area (Å²) in [5.41, 5.74) is 1.43. The van der Waals surface area contributed by atoms with Crippen molar-refractivity contribution in [2.24, 2.45) is 0 Å². The van der Waals surface area contributed by atoms with E-state index in [-0.39, 0.29) is 10.8 Å². The van der Waals surface area contributed by atoms with Crippen LogP contribution in [0.4, 0.5) is 5.13 Å². The molecular weight excluding hydrogens is 392 g/mol. The first kappa shape index (κ1) is 18.6. The third-order valence-electron chi connectivity index (χ3n) is 3.59. The third-order valence-corrected chi connectivity index (χ3v) is 5.86. The minimum absolute atomic E-state index is 0.173. The molecule has 1 amide bonds. The standard InChI is InChI=1S/C18H15ClN2O3S2/c1-26(23,24)16-7-5-13(6-8-16)17(22)21-18-20-11-15(25-18)10-12-3-2-4-14(19)9-12/h2-9,11H,10H2,1H3,(H,20,21,22). The number of nitrogens with zero attached hydrogens (tertiary/aromatic N) is 1. The summed E-state index contributed by atoms with van der Waals surface area (Å²) in [4.78, 5) is 17.7. The van der Waals surface area contributed by atoms with Crippen LogP contribution >= 0.6 is 22.9 Å². The normalized spacial score (nSPS) is 11.3. The molecule has 0 saturated heterocycles. The second kappa shape index (κ2) is 7.57. The number of hydrogen-bond donors (Lipinski definition) is 1. The maximum Gasteiger partial charge on any atom is 0.257 e.